The molecule has 0 saturated carbocycles. The third-order valence-corrected chi connectivity index (χ3v) is 2.02. The number of carbonyl (C=O) groups is 1. The Balaban J connectivity index is 3.09. The van der Waals surface area contributed by atoms with E-state index in [1.165, 1.54) is 0 Å². The number of amides is 1. The Morgan fingerprint density at radius 3 is 2.83 bits per heavy atom. The highest BCUT2D eigenvalue weighted by Gasteiger charge is 2.08. The lowest BCUT2D eigenvalue weighted by Crippen LogP contribution is -2.19. The summed E-state index contributed by atoms with van der Waals surface area (Å²) in [5.74, 6) is -0.179. The molecule has 1 amide bonds. The van der Waals surface area contributed by atoms with E-state index in [9.17, 15) is 4.79 Å². The number of hydrogen-bond acceptors (Lipinski definition) is 2. The van der Waals surface area contributed by atoms with E-state index in [0.29, 0.717) is 5.69 Å². The zero-order valence-corrected chi connectivity index (χ0v) is 8.47. The van der Waals surface area contributed by atoms with Gasteiger partial charge in [-0.05, 0) is 34.5 Å². The van der Waals surface area contributed by atoms with Gasteiger partial charge >= 0.3 is 0 Å². The molecule has 1 aromatic heterocycles. The molecule has 0 atom stereocenters. The maximum Gasteiger partial charge on any atom is 0.270 e. The largest absolute Gasteiger partial charge is 0.354 e. The molecule has 0 aliphatic carbocycles. The Kier molecular flexibility index (Phi) is 2.81. The summed E-state index contributed by atoms with van der Waals surface area (Å²) in [4.78, 5) is 15.1. The van der Waals surface area contributed by atoms with Crippen LogP contribution in [-0.4, -0.2) is 17.9 Å². The molecular weight excluding hydrogens is 220 g/mol. The van der Waals surface area contributed by atoms with Crippen molar-refractivity contribution in [2.45, 2.75) is 6.92 Å². The minimum atomic E-state index is -0.179. The first kappa shape index (κ1) is 9.19. The van der Waals surface area contributed by atoms with Crippen LogP contribution in [0.5, 0.6) is 0 Å². The van der Waals surface area contributed by atoms with Crippen molar-refractivity contribution in [2.75, 3.05) is 7.05 Å². The van der Waals surface area contributed by atoms with E-state index in [1.54, 1.807) is 13.2 Å². The molecule has 0 spiro atoms. The van der Waals surface area contributed by atoms with Crippen LogP contribution in [0.15, 0.2) is 16.7 Å². The highest BCUT2D eigenvalue weighted by atomic mass is 79.9. The minimum Gasteiger partial charge on any atom is -0.354 e. The third kappa shape index (κ3) is 1.82. The quantitative estimate of drug-likeness (QED) is 0.793. The van der Waals surface area contributed by atoms with Gasteiger partial charge < -0.3 is 5.32 Å². The predicted octanol–water partition coefficient (Wildman–Crippen LogP) is 1.51. The fourth-order valence-electron chi connectivity index (χ4n) is 0.819. The zero-order valence-electron chi connectivity index (χ0n) is 6.89. The van der Waals surface area contributed by atoms with Gasteiger partial charge in [-0.25, -0.2) is 4.98 Å². The molecule has 0 bridgehead atoms. The molecule has 64 valence electrons. The van der Waals surface area contributed by atoms with E-state index >= 15 is 0 Å². The van der Waals surface area contributed by atoms with Crippen LogP contribution >= 0.6 is 15.9 Å². The molecule has 0 saturated heterocycles. The van der Waals surface area contributed by atoms with Gasteiger partial charge in [-0.1, -0.05) is 0 Å². The lowest BCUT2D eigenvalue weighted by atomic mass is 10.2. The van der Waals surface area contributed by atoms with Gasteiger partial charge in [0.1, 0.15) is 5.69 Å². The summed E-state index contributed by atoms with van der Waals surface area (Å²) >= 11 is 3.27. The van der Waals surface area contributed by atoms with Crippen molar-refractivity contribution in [1.82, 2.24) is 10.3 Å². The lowest BCUT2D eigenvalue weighted by molar-refractivity contribution is 0.0957. The molecule has 4 heteroatoms. The number of nitrogens with zero attached hydrogens (tertiary/aromatic N) is 1. The highest BCUT2D eigenvalue weighted by Crippen LogP contribution is 2.15. The van der Waals surface area contributed by atoms with Crippen LogP contribution in [0.3, 0.4) is 0 Å². The number of nitrogens with one attached hydrogen (secondary N) is 1. The molecule has 0 aromatic carbocycles. The van der Waals surface area contributed by atoms with Crippen LogP contribution in [0.4, 0.5) is 0 Å². The van der Waals surface area contributed by atoms with Crippen molar-refractivity contribution in [2.24, 2.45) is 0 Å². The van der Waals surface area contributed by atoms with E-state index in [1.807, 2.05) is 13.0 Å². The molecule has 0 aliphatic rings. The molecule has 1 rings (SSSR count). The van der Waals surface area contributed by atoms with Crippen LogP contribution < -0.4 is 5.32 Å². The Morgan fingerprint density at radius 1 is 1.67 bits per heavy atom. The van der Waals surface area contributed by atoms with Gasteiger partial charge in [-0.15, -0.1) is 0 Å². The summed E-state index contributed by atoms with van der Waals surface area (Å²) < 4.78 is 0.724. The summed E-state index contributed by atoms with van der Waals surface area (Å²) in [5.41, 5.74) is 1.44. The first-order valence-electron chi connectivity index (χ1n) is 3.49. The Labute approximate surface area is 79.3 Å². The van der Waals surface area contributed by atoms with E-state index in [0.717, 1.165) is 10.0 Å². The van der Waals surface area contributed by atoms with Gasteiger partial charge in [0.15, 0.2) is 0 Å². The predicted molar refractivity (Wildman–Crippen MR) is 50.1 cm³/mol. The molecule has 1 N–H and O–H groups in total. The highest BCUT2D eigenvalue weighted by molar-refractivity contribution is 9.10. The van der Waals surface area contributed by atoms with Gasteiger partial charge in [-0.2, -0.15) is 0 Å². The number of pyridine rings is 1. The lowest BCUT2D eigenvalue weighted by Gasteiger charge is -2.01. The second kappa shape index (κ2) is 3.67. The van der Waals surface area contributed by atoms with Gasteiger partial charge in [0.2, 0.25) is 0 Å². The maximum absolute atomic E-state index is 11.1. The number of carbonyl (C=O) groups excluding carboxylic acids is 1. The molecule has 0 fully saturated rings. The first-order valence-corrected chi connectivity index (χ1v) is 4.28. The van der Waals surface area contributed by atoms with Crippen LogP contribution in [0.25, 0.3) is 0 Å². The van der Waals surface area contributed by atoms with Gasteiger partial charge in [0.25, 0.3) is 5.91 Å². The maximum atomic E-state index is 11.1. The number of aromatic nitrogens is 1. The Hall–Kier alpha value is -0.900. The standard InChI is InChI=1S/C8H9BrN2O/c1-5-3-6(9)7(11-4-5)8(12)10-2/h3-4H,1-2H3,(H,10,12). The normalized spacial score (nSPS) is 9.58. The average Bonchev–Trinajstić information content (AvgIpc) is 2.03. The van der Waals surface area contributed by atoms with Crippen molar-refractivity contribution in [3.05, 3.63) is 28.0 Å². The molecule has 1 heterocycles. The topological polar surface area (TPSA) is 42.0 Å². The molecule has 12 heavy (non-hydrogen) atoms. The first-order chi connectivity index (χ1) is 5.65. The summed E-state index contributed by atoms with van der Waals surface area (Å²) in [7, 11) is 1.58. The van der Waals surface area contributed by atoms with Crippen molar-refractivity contribution >= 4 is 21.8 Å². The van der Waals surface area contributed by atoms with Crippen LogP contribution in [0, 0.1) is 6.92 Å². The molecule has 0 aliphatic heterocycles. The van der Waals surface area contributed by atoms with E-state index in [-0.39, 0.29) is 5.91 Å². The summed E-state index contributed by atoms with van der Waals surface area (Å²) in [6.45, 7) is 1.92. The number of rotatable bonds is 1. The average molecular weight is 229 g/mol. The van der Waals surface area contributed by atoms with E-state index < -0.39 is 0 Å². The van der Waals surface area contributed by atoms with Crippen molar-refractivity contribution in [3.8, 4) is 0 Å². The SMILES string of the molecule is CNC(=O)c1ncc(C)cc1Br. The van der Waals surface area contributed by atoms with E-state index in [2.05, 4.69) is 26.2 Å². The van der Waals surface area contributed by atoms with Crippen molar-refractivity contribution in [1.29, 1.82) is 0 Å². The van der Waals surface area contributed by atoms with Gasteiger partial charge in [-0.3, -0.25) is 4.79 Å². The van der Waals surface area contributed by atoms with Crippen molar-refractivity contribution in [3.63, 3.8) is 0 Å². The fourth-order valence-corrected chi connectivity index (χ4v) is 1.46. The summed E-state index contributed by atoms with van der Waals surface area (Å²) in [6.07, 6.45) is 1.66. The molecule has 3 nitrogen and oxygen atoms in total. The second-order valence-electron chi connectivity index (χ2n) is 2.42. The van der Waals surface area contributed by atoms with Crippen LogP contribution in [0.2, 0.25) is 0 Å². The summed E-state index contributed by atoms with van der Waals surface area (Å²) in [6, 6.07) is 1.86. The number of aryl methyl sites for hydroxylation is 1. The zero-order chi connectivity index (χ0) is 9.14. The minimum absolute atomic E-state index is 0.179. The molecular formula is C8H9BrN2O. The second-order valence-corrected chi connectivity index (χ2v) is 3.28. The Morgan fingerprint density at radius 2 is 2.33 bits per heavy atom. The monoisotopic (exact) mass is 228 g/mol. The molecule has 0 unspecified atom stereocenters. The van der Waals surface area contributed by atoms with Gasteiger partial charge in [0, 0.05) is 17.7 Å². The molecule has 1 aromatic rings. The Bertz CT molecular complexity index is 312. The van der Waals surface area contributed by atoms with Crippen LogP contribution in [-0.2, 0) is 0 Å². The molecule has 0 radical (unpaired) electrons. The smallest absolute Gasteiger partial charge is 0.270 e. The van der Waals surface area contributed by atoms with Crippen LogP contribution in [0.1, 0.15) is 16.1 Å². The van der Waals surface area contributed by atoms with Crippen molar-refractivity contribution < 1.29 is 4.79 Å². The van der Waals surface area contributed by atoms with Gasteiger partial charge in [0.05, 0.1) is 0 Å². The summed E-state index contributed by atoms with van der Waals surface area (Å²) in [5, 5.41) is 2.51. The number of halogens is 1. The third-order valence-electron chi connectivity index (χ3n) is 1.42. The number of hydrogen-bond donors (Lipinski definition) is 1. The fraction of sp³-hybridized carbons (Fsp3) is 0.250. The van der Waals surface area contributed by atoms with E-state index in [4.69, 9.17) is 0 Å².